The van der Waals surface area contributed by atoms with Crippen LogP contribution in [0.1, 0.15) is 165 Å². The molecule has 0 nitrogen and oxygen atoms in total. The fourth-order valence-electron chi connectivity index (χ4n) is 7.03. The summed E-state index contributed by atoms with van der Waals surface area (Å²) in [6.07, 6.45) is 7.14. The van der Waals surface area contributed by atoms with E-state index in [0.29, 0.717) is 0 Å². The molecule has 1 heteroatoms. The van der Waals surface area contributed by atoms with Gasteiger partial charge in [0.15, 0.2) is 8.07 Å². The van der Waals surface area contributed by atoms with Crippen molar-refractivity contribution in [3.63, 3.8) is 0 Å². The second-order valence-corrected chi connectivity index (χ2v) is 25.0. The summed E-state index contributed by atoms with van der Waals surface area (Å²) in [7, 11) is -2.95. The molecule has 49 heavy (non-hydrogen) atoms. The van der Waals surface area contributed by atoms with Crippen LogP contribution in [-0.2, 0) is 32.5 Å². The molecule has 0 saturated heterocycles. The van der Waals surface area contributed by atoms with Gasteiger partial charge in [0.05, 0.1) is 0 Å². The van der Waals surface area contributed by atoms with E-state index in [1.54, 1.807) is 0 Å². The number of allylic oxidation sites excluding steroid dienone is 4. The molecule has 0 bridgehead atoms. The summed E-state index contributed by atoms with van der Waals surface area (Å²) in [5.74, 6) is 0. The molecule has 0 saturated carbocycles. The maximum absolute atomic E-state index is 2.95. The van der Waals surface area contributed by atoms with Gasteiger partial charge >= 0.3 is 0 Å². The monoisotopic (exact) mass is 674 g/mol. The molecular formula is C48H69Si. The maximum atomic E-state index is 2.62. The van der Waals surface area contributed by atoms with Crippen molar-refractivity contribution < 1.29 is 0 Å². The highest BCUT2D eigenvalue weighted by Gasteiger charge is 2.49. The lowest BCUT2D eigenvalue weighted by molar-refractivity contribution is 0.569. The van der Waals surface area contributed by atoms with Crippen LogP contribution < -0.4 is 15.6 Å². The predicted molar refractivity (Wildman–Crippen MR) is 222 cm³/mol. The van der Waals surface area contributed by atoms with E-state index in [4.69, 9.17) is 0 Å². The average molecular weight is 674 g/mol. The first-order chi connectivity index (χ1) is 22.0. The smallest absolute Gasteiger partial charge is 0.0750 e. The van der Waals surface area contributed by atoms with Crippen LogP contribution in [0, 0.1) is 5.54 Å². The highest BCUT2D eigenvalue weighted by molar-refractivity contribution is 7.16. The van der Waals surface area contributed by atoms with E-state index in [9.17, 15) is 0 Å². The fourth-order valence-corrected chi connectivity index (χ4v) is 12.2. The van der Waals surface area contributed by atoms with E-state index in [2.05, 4.69) is 204 Å². The number of rotatable bonds is 4. The molecular weight excluding hydrogens is 605 g/mol. The number of hydrogen-bond donors (Lipinski definition) is 0. The van der Waals surface area contributed by atoms with Crippen molar-refractivity contribution in [3.8, 4) is 0 Å². The Hall–Kier alpha value is -2.64. The van der Waals surface area contributed by atoms with Crippen molar-refractivity contribution in [1.82, 2.24) is 0 Å². The van der Waals surface area contributed by atoms with Gasteiger partial charge in [-0.05, 0) is 88.4 Å². The van der Waals surface area contributed by atoms with Gasteiger partial charge in [0.1, 0.15) is 0 Å². The van der Waals surface area contributed by atoms with Crippen LogP contribution in [0.4, 0.5) is 0 Å². The van der Waals surface area contributed by atoms with Gasteiger partial charge in [-0.25, -0.2) is 0 Å². The molecule has 0 aromatic heterocycles. The highest BCUT2D eigenvalue weighted by Crippen LogP contribution is 2.38. The zero-order valence-electron chi connectivity index (χ0n) is 34.9. The number of benzene rings is 3. The second-order valence-electron chi connectivity index (χ2n) is 21.3. The van der Waals surface area contributed by atoms with E-state index < -0.39 is 8.07 Å². The van der Waals surface area contributed by atoms with E-state index >= 15 is 0 Å². The lowest BCUT2D eigenvalue weighted by atomic mass is 9.80. The summed E-state index contributed by atoms with van der Waals surface area (Å²) >= 11 is 0. The third-order valence-electron chi connectivity index (χ3n) is 10.7. The van der Waals surface area contributed by atoms with Crippen molar-refractivity contribution in [2.45, 2.75) is 164 Å². The zero-order chi connectivity index (χ0) is 37.3. The lowest BCUT2D eigenvalue weighted by Gasteiger charge is -2.43. The highest BCUT2D eigenvalue weighted by atomic mass is 28.3. The van der Waals surface area contributed by atoms with Gasteiger partial charge < -0.3 is 0 Å². The zero-order valence-corrected chi connectivity index (χ0v) is 35.9. The summed E-state index contributed by atoms with van der Waals surface area (Å²) < 4.78 is 0. The first-order valence-electron chi connectivity index (χ1n) is 18.7. The largest absolute Gasteiger partial charge is 0.163 e. The molecule has 1 aliphatic rings. The Morgan fingerprint density at radius 3 is 0.735 bits per heavy atom. The van der Waals surface area contributed by atoms with Gasteiger partial charge in [0, 0.05) is 5.54 Å². The fraction of sp³-hybridized carbons (Fsp3) is 0.521. The van der Waals surface area contributed by atoms with Gasteiger partial charge in [-0.1, -0.05) is 203 Å². The van der Waals surface area contributed by atoms with Crippen molar-refractivity contribution in [1.29, 1.82) is 0 Å². The van der Waals surface area contributed by atoms with Crippen LogP contribution in [0.2, 0.25) is 0 Å². The van der Waals surface area contributed by atoms with Crippen LogP contribution in [0.3, 0.4) is 0 Å². The van der Waals surface area contributed by atoms with Crippen LogP contribution in [-0.4, -0.2) is 8.07 Å². The van der Waals surface area contributed by atoms with Crippen molar-refractivity contribution in [2.75, 3.05) is 0 Å². The maximum Gasteiger partial charge on any atom is 0.163 e. The van der Waals surface area contributed by atoms with Gasteiger partial charge in [-0.15, -0.1) is 0 Å². The molecule has 4 rings (SSSR count). The van der Waals surface area contributed by atoms with Crippen molar-refractivity contribution >= 4 is 23.6 Å². The number of hydrogen-bond acceptors (Lipinski definition) is 0. The van der Waals surface area contributed by atoms with Gasteiger partial charge in [-0.2, -0.15) is 0 Å². The molecule has 0 fully saturated rings. The second kappa shape index (κ2) is 12.5. The summed E-state index contributed by atoms with van der Waals surface area (Å²) in [6.45, 7) is 45.2. The molecule has 3 aromatic carbocycles. The normalized spacial score (nSPS) is 15.6. The third-order valence-corrected chi connectivity index (χ3v) is 15.6. The van der Waals surface area contributed by atoms with Crippen molar-refractivity contribution in [3.05, 3.63) is 117 Å². The summed E-state index contributed by atoms with van der Waals surface area (Å²) in [4.78, 5) is 0. The molecule has 0 spiro atoms. The Labute approximate surface area is 303 Å². The van der Waals surface area contributed by atoms with Gasteiger partial charge in [0.2, 0.25) is 0 Å². The summed E-state index contributed by atoms with van der Waals surface area (Å²) in [5, 5.41) is 4.49. The molecule has 0 atom stereocenters. The molecule has 1 radical (unpaired) electrons. The summed E-state index contributed by atoms with van der Waals surface area (Å²) in [6, 6.07) is 23.2. The lowest BCUT2D eigenvalue weighted by Crippen LogP contribution is -2.71. The van der Waals surface area contributed by atoms with Crippen molar-refractivity contribution in [2.24, 2.45) is 0 Å². The van der Waals surface area contributed by atoms with Crippen LogP contribution in [0.5, 0.6) is 0 Å². The standard InChI is InChI=1S/C48H69Si/c1-32-21-20-22-42(32)49(39-26-33(43(2,3)4)23-34(27-39)44(5,6)7,40-28-35(45(8,9)10)24-36(29-40)46(11,12)13)41-30-37(47(14,15)16)25-38(31-41)48(17,18)19/h20-31H,1-19H3. The topological polar surface area (TPSA) is 0 Å². The molecule has 0 heterocycles. The first kappa shape index (κ1) is 39.1. The molecule has 1 aliphatic carbocycles. The molecule has 0 N–H and O–H groups in total. The Balaban J connectivity index is 2.44. The SMILES string of the molecule is CC1=CC=C[C]1[Si](c1cc(C(C)(C)C)cc(C(C)(C)C)c1)(c1cc(C(C)(C)C)cc(C(C)(C)C)c1)c1cc(C(C)(C)C)cc(C(C)(C)C)c1. The average Bonchev–Trinajstić information content (AvgIpc) is 3.36. The van der Waals surface area contributed by atoms with E-state index in [1.807, 2.05) is 0 Å². The molecule has 0 amide bonds. The van der Waals surface area contributed by atoms with E-state index in [0.717, 1.165) is 0 Å². The van der Waals surface area contributed by atoms with E-state index in [1.165, 1.54) is 60.1 Å². The minimum absolute atomic E-state index is 0.00483. The minimum Gasteiger partial charge on any atom is -0.0750 e. The Morgan fingerprint density at radius 1 is 0.347 bits per heavy atom. The Morgan fingerprint density at radius 2 is 0.571 bits per heavy atom. The predicted octanol–water partition coefficient (Wildman–Crippen LogP) is 11.6. The molecule has 3 aromatic rings. The van der Waals surface area contributed by atoms with Crippen LogP contribution in [0.25, 0.3) is 0 Å². The molecule has 265 valence electrons. The van der Waals surface area contributed by atoms with Crippen LogP contribution >= 0.6 is 0 Å². The van der Waals surface area contributed by atoms with Gasteiger partial charge in [0.25, 0.3) is 0 Å². The molecule has 0 unspecified atom stereocenters. The molecule has 0 aliphatic heterocycles. The summed E-state index contributed by atoms with van der Waals surface area (Å²) in [5.41, 5.74) is 11.4. The Kier molecular flexibility index (Phi) is 10.0. The first-order valence-corrected chi connectivity index (χ1v) is 20.7. The minimum atomic E-state index is -2.95. The Bertz CT molecular complexity index is 1470. The van der Waals surface area contributed by atoms with E-state index in [-0.39, 0.29) is 32.5 Å². The third kappa shape index (κ3) is 7.98. The van der Waals surface area contributed by atoms with Gasteiger partial charge in [-0.3, -0.25) is 0 Å². The quantitative estimate of drug-likeness (QED) is 0.191. The van der Waals surface area contributed by atoms with Crippen LogP contribution in [0.15, 0.2) is 78.4 Å².